The molecule has 0 aromatic heterocycles. The fourth-order valence-corrected chi connectivity index (χ4v) is 4.35. The van der Waals surface area contributed by atoms with Crippen LogP contribution in [0, 0.1) is 12.8 Å². The van der Waals surface area contributed by atoms with Crippen molar-refractivity contribution < 1.29 is 8.42 Å². The van der Waals surface area contributed by atoms with Gasteiger partial charge in [-0.15, -0.1) is 0 Å². The van der Waals surface area contributed by atoms with Crippen LogP contribution in [0.1, 0.15) is 30.4 Å². The number of rotatable bonds is 6. The van der Waals surface area contributed by atoms with Crippen LogP contribution >= 0.6 is 0 Å². The van der Waals surface area contributed by atoms with E-state index in [0.29, 0.717) is 11.4 Å². The Kier molecular flexibility index (Phi) is 7.46. The number of nitrogens with one attached hydrogen (secondary N) is 2. The van der Waals surface area contributed by atoms with E-state index >= 15 is 0 Å². The molecule has 1 aliphatic rings. The Labute approximate surface area is 158 Å². The van der Waals surface area contributed by atoms with Gasteiger partial charge in [0.15, 0.2) is 15.8 Å². The van der Waals surface area contributed by atoms with E-state index in [1.54, 1.807) is 13.1 Å². The van der Waals surface area contributed by atoms with Crippen LogP contribution in [-0.4, -0.2) is 59.3 Å². The van der Waals surface area contributed by atoms with E-state index in [0.717, 1.165) is 36.0 Å². The average Bonchev–Trinajstić information content (AvgIpc) is 2.58. The van der Waals surface area contributed by atoms with Gasteiger partial charge in [0.2, 0.25) is 0 Å². The van der Waals surface area contributed by atoms with Crippen LogP contribution in [0.4, 0.5) is 0 Å². The minimum absolute atomic E-state index is 0.391. The lowest BCUT2D eigenvalue weighted by Crippen LogP contribution is -2.38. The van der Waals surface area contributed by atoms with Gasteiger partial charge in [-0.05, 0) is 69.4 Å². The summed E-state index contributed by atoms with van der Waals surface area (Å²) in [4.78, 5) is 7.05. The van der Waals surface area contributed by atoms with Crippen molar-refractivity contribution in [1.82, 2.24) is 15.5 Å². The Hall–Kier alpha value is -1.60. The molecule has 0 aliphatic carbocycles. The summed E-state index contributed by atoms with van der Waals surface area (Å²) in [5.74, 6) is 1.57. The number of hydrogen-bond donors (Lipinski definition) is 2. The number of nitrogens with zero attached hydrogens (tertiary/aromatic N) is 2. The SMILES string of the molecule is CN=C(NCCC1CCN(C)CC1)NCc1ccc(S(C)(=O)=O)c(C)c1. The summed E-state index contributed by atoms with van der Waals surface area (Å²) in [5, 5.41) is 6.67. The van der Waals surface area contributed by atoms with E-state index in [2.05, 4.69) is 27.6 Å². The first-order valence-electron chi connectivity index (χ1n) is 9.22. The van der Waals surface area contributed by atoms with Gasteiger partial charge in [0.25, 0.3) is 0 Å². The minimum atomic E-state index is -3.17. The number of benzene rings is 1. The van der Waals surface area contributed by atoms with Crippen molar-refractivity contribution in [3.05, 3.63) is 29.3 Å². The molecule has 7 heteroatoms. The first-order valence-corrected chi connectivity index (χ1v) is 11.1. The smallest absolute Gasteiger partial charge is 0.191 e. The van der Waals surface area contributed by atoms with Gasteiger partial charge >= 0.3 is 0 Å². The van der Waals surface area contributed by atoms with Crippen molar-refractivity contribution in [2.45, 2.75) is 37.6 Å². The van der Waals surface area contributed by atoms with E-state index in [1.807, 2.05) is 19.1 Å². The quantitative estimate of drug-likeness (QED) is 0.581. The Morgan fingerprint density at radius 1 is 1.27 bits per heavy atom. The van der Waals surface area contributed by atoms with Gasteiger partial charge in [-0.25, -0.2) is 8.42 Å². The third-order valence-electron chi connectivity index (χ3n) is 5.01. The summed E-state index contributed by atoms with van der Waals surface area (Å²) in [6.07, 6.45) is 4.95. The highest BCUT2D eigenvalue weighted by molar-refractivity contribution is 7.90. The van der Waals surface area contributed by atoms with Gasteiger partial charge in [-0.1, -0.05) is 12.1 Å². The molecule has 1 fully saturated rings. The van der Waals surface area contributed by atoms with Crippen LogP contribution < -0.4 is 10.6 Å². The number of hydrogen-bond acceptors (Lipinski definition) is 4. The molecule has 0 radical (unpaired) electrons. The molecule has 0 bridgehead atoms. The molecule has 1 heterocycles. The summed E-state index contributed by atoms with van der Waals surface area (Å²) in [7, 11) is 0.780. The molecule has 2 rings (SSSR count). The van der Waals surface area contributed by atoms with E-state index in [4.69, 9.17) is 0 Å². The van der Waals surface area contributed by atoms with Crippen LogP contribution in [0.25, 0.3) is 0 Å². The van der Waals surface area contributed by atoms with E-state index < -0.39 is 9.84 Å². The number of piperidine rings is 1. The maximum atomic E-state index is 11.7. The molecule has 1 aromatic rings. The van der Waals surface area contributed by atoms with Gasteiger partial charge in [-0.2, -0.15) is 0 Å². The number of aliphatic imine (C=N–C) groups is 1. The molecule has 6 nitrogen and oxygen atoms in total. The van der Waals surface area contributed by atoms with E-state index in [-0.39, 0.29) is 0 Å². The van der Waals surface area contributed by atoms with Gasteiger partial charge < -0.3 is 15.5 Å². The number of guanidine groups is 1. The maximum Gasteiger partial charge on any atom is 0.191 e. The Bertz CT molecular complexity index is 723. The van der Waals surface area contributed by atoms with Crippen LogP contribution in [0.3, 0.4) is 0 Å². The van der Waals surface area contributed by atoms with Crippen molar-refractivity contribution in [3.8, 4) is 0 Å². The maximum absolute atomic E-state index is 11.7. The van der Waals surface area contributed by atoms with E-state index in [1.165, 1.54) is 32.2 Å². The molecule has 1 aromatic carbocycles. The van der Waals surface area contributed by atoms with Crippen LogP contribution in [0.5, 0.6) is 0 Å². The first-order chi connectivity index (χ1) is 12.3. The second-order valence-corrected chi connectivity index (χ2v) is 9.24. The largest absolute Gasteiger partial charge is 0.356 e. The highest BCUT2D eigenvalue weighted by Gasteiger charge is 2.16. The zero-order valence-electron chi connectivity index (χ0n) is 16.4. The molecule has 1 aliphatic heterocycles. The van der Waals surface area contributed by atoms with Gasteiger partial charge in [0.1, 0.15) is 0 Å². The first kappa shape index (κ1) is 20.7. The lowest BCUT2D eigenvalue weighted by molar-refractivity contribution is 0.213. The highest BCUT2D eigenvalue weighted by atomic mass is 32.2. The third kappa shape index (κ3) is 6.29. The molecule has 0 unspecified atom stereocenters. The average molecular weight is 381 g/mol. The van der Waals surface area contributed by atoms with Crippen molar-refractivity contribution in [2.24, 2.45) is 10.9 Å². The number of sulfone groups is 1. The lowest BCUT2D eigenvalue weighted by Gasteiger charge is -2.29. The summed E-state index contributed by atoms with van der Waals surface area (Å²) in [5.41, 5.74) is 1.81. The lowest BCUT2D eigenvalue weighted by atomic mass is 9.94. The van der Waals surface area contributed by atoms with Crippen molar-refractivity contribution in [3.63, 3.8) is 0 Å². The topological polar surface area (TPSA) is 73.8 Å². The normalized spacial score (nSPS) is 17.3. The highest BCUT2D eigenvalue weighted by Crippen LogP contribution is 2.19. The van der Waals surface area contributed by atoms with Crippen molar-refractivity contribution >= 4 is 15.8 Å². The molecule has 26 heavy (non-hydrogen) atoms. The summed E-state index contributed by atoms with van der Waals surface area (Å²) in [6.45, 7) is 5.74. The van der Waals surface area contributed by atoms with Gasteiger partial charge in [0.05, 0.1) is 4.90 Å². The third-order valence-corrected chi connectivity index (χ3v) is 6.26. The van der Waals surface area contributed by atoms with Crippen LogP contribution in [-0.2, 0) is 16.4 Å². The molecular formula is C19H32N4O2S. The van der Waals surface area contributed by atoms with Crippen LogP contribution in [0.2, 0.25) is 0 Å². The molecule has 2 N–H and O–H groups in total. The number of aryl methyl sites for hydroxylation is 1. The molecule has 146 valence electrons. The van der Waals surface area contributed by atoms with Gasteiger partial charge in [-0.3, -0.25) is 4.99 Å². The Morgan fingerprint density at radius 3 is 2.54 bits per heavy atom. The zero-order valence-corrected chi connectivity index (χ0v) is 17.2. The standard InChI is InChI=1S/C19H32N4O2S/c1-15-13-17(5-6-18(15)26(4,24)25)14-22-19(20-2)21-10-7-16-8-11-23(3)12-9-16/h5-6,13,16H,7-12,14H2,1-4H3,(H2,20,21,22). The molecule has 0 amide bonds. The van der Waals surface area contributed by atoms with Gasteiger partial charge in [0, 0.05) is 26.4 Å². The van der Waals surface area contributed by atoms with E-state index in [9.17, 15) is 8.42 Å². The second-order valence-electron chi connectivity index (χ2n) is 7.26. The second kappa shape index (κ2) is 9.37. The fraction of sp³-hybridized carbons (Fsp3) is 0.632. The molecule has 0 atom stereocenters. The summed E-state index contributed by atoms with van der Waals surface area (Å²) >= 11 is 0. The Balaban J connectivity index is 1.79. The van der Waals surface area contributed by atoms with Crippen molar-refractivity contribution in [2.75, 3.05) is 40.0 Å². The zero-order chi connectivity index (χ0) is 19.2. The van der Waals surface area contributed by atoms with Crippen molar-refractivity contribution in [1.29, 1.82) is 0 Å². The predicted octanol–water partition coefficient (Wildman–Crippen LogP) is 1.80. The van der Waals surface area contributed by atoms with Crippen LogP contribution in [0.15, 0.2) is 28.1 Å². The molecular weight excluding hydrogens is 348 g/mol. The molecule has 1 saturated heterocycles. The monoisotopic (exact) mass is 380 g/mol. The Morgan fingerprint density at radius 2 is 1.96 bits per heavy atom. The minimum Gasteiger partial charge on any atom is -0.356 e. The fourth-order valence-electron chi connectivity index (χ4n) is 3.39. The number of likely N-dealkylation sites (tertiary alicyclic amines) is 1. The predicted molar refractivity (Wildman–Crippen MR) is 107 cm³/mol. The summed E-state index contributed by atoms with van der Waals surface area (Å²) < 4.78 is 23.4. The summed E-state index contributed by atoms with van der Waals surface area (Å²) in [6, 6.07) is 5.44. The molecule has 0 spiro atoms. The molecule has 0 saturated carbocycles.